The minimum absolute atomic E-state index is 0.0892. The van der Waals surface area contributed by atoms with Gasteiger partial charge in [0.2, 0.25) is 0 Å². The molecule has 37 heavy (non-hydrogen) atoms. The Morgan fingerprint density at radius 1 is 0.676 bits per heavy atom. The first-order chi connectivity index (χ1) is 17.8. The maximum atomic E-state index is 11.2. The van der Waals surface area contributed by atoms with Crippen LogP contribution in [0.25, 0.3) is 0 Å². The van der Waals surface area contributed by atoms with Crippen LogP contribution in [0.5, 0.6) is 0 Å². The van der Waals surface area contributed by atoms with Crippen molar-refractivity contribution in [1.29, 1.82) is 0 Å². The van der Waals surface area contributed by atoms with E-state index in [1.165, 1.54) is 27.1 Å². The van der Waals surface area contributed by atoms with Crippen molar-refractivity contribution in [3.8, 4) is 0 Å². The molecule has 0 fully saturated rings. The number of carbonyl (C=O) groups is 1. The molecule has 0 amide bonds. The third-order valence-corrected chi connectivity index (χ3v) is 12.1. The number of aliphatic carboxylic acids is 1. The number of hydrogen-bond donors (Lipinski definition) is 1. The van der Waals surface area contributed by atoms with Crippen molar-refractivity contribution in [2.45, 2.75) is 51.7 Å². The monoisotopic (exact) mass is 508 g/mol. The Hall–Kier alpha value is -3.47. The van der Waals surface area contributed by atoms with Crippen molar-refractivity contribution >= 4 is 24.7 Å². The normalized spacial score (nSPS) is 11.9. The quantitative estimate of drug-likeness (QED) is 0.253. The van der Waals surface area contributed by atoms with Crippen LogP contribution in [0.3, 0.4) is 0 Å². The fourth-order valence-corrected chi connectivity index (χ4v) is 9.77. The molecule has 4 aromatic carbocycles. The Kier molecular flexibility index (Phi) is 8.42. The summed E-state index contributed by atoms with van der Waals surface area (Å²) in [7, 11) is -2.65. The van der Waals surface area contributed by atoms with E-state index in [9.17, 15) is 9.90 Å². The average molecular weight is 509 g/mol. The van der Waals surface area contributed by atoms with E-state index in [0.29, 0.717) is 13.0 Å². The Balaban J connectivity index is 1.70. The fraction of sp³-hybridized carbons (Fsp3) is 0.242. The van der Waals surface area contributed by atoms with Crippen LogP contribution in [0.15, 0.2) is 109 Å². The zero-order valence-corrected chi connectivity index (χ0v) is 23.0. The van der Waals surface area contributed by atoms with Crippen molar-refractivity contribution in [2.75, 3.05) is 0 Å². The molecule has 0 aliphatic carbocycles. The molecule has 0 saturated carbocycles. The van der Waals surface area contributed by atoms with Gasteiger partial charge in [-0.05, 0) is 50.5 Å². The van der Waals surface area contributed by atoms with Gasteiger partial charge in [-0.3, -0.25) is 4.79 Å². The molecule has 4 aromatic rings. The highest BCUT2D eigenvalue weighted by atomic mass is 28.4. The first-order valence-electron chi connectivity index (χ1n) is 12.9. The molecule has 0 atom stereocenters. The van der Waals surface area contributed by atoms with Gasteiger partial charge < -0.3 is 9.53 Å². The van der Waals surface area contributed by atoms with Crippen molar-refractivity contribution < 1.29 is 14.3 Å². The van der Waals surface area contributed by atoms with Gasteiger partial charge in [-0.1, -0.05) is 130 Å². The van der Waals surface area contributed by atoms with Crippen LogP contribution in [-0.2, 0) is 28.7 Å². The number of benzene rings is 4. The van der Waals surface area contributed by atoms with Crippen molar-refractivity contribution in [1.82, 2.24) is 0 Å². The van der Waals surface area contributed by atoms with E-state index in [4.69, 9.17) is 4.43 Å². The summed E-state index contributed by atoms with van der Waals surface area (Å²) in [5.41, 5.74) is 4.64. The van der Waals surface area contributed by atoms with Crippen LogP contribution < -0.4 is 10.4 Å². The number of aryl methyl sites for hydroxylation is 1. The molecule has 0 radical (unpaired) electrons. The van der Waals surface area contributed by atoms with E-state index in [1.54, 1.807) is 0 Å². The fourth-order valence-electron chi connectivity index (χ4n) is 5.24. The summed E-state index contributed by atoms with van der Waals surface area (Å²) >= 11 is 0. The number of carboxylic acids is 1. The molecule has 4 heteroatoms. The molecule has 1 N–H and O–H groups in total. The first-order valence-corrected chi connectivity index (χ1v) is 14.8. The molecule has 0 spiro atoms. The average Bonchev–Trinajstić information content (AvgIpc) is 2.90. The summed E-state index contributed by atoms with van der Waals surface area (Å²) in [6.07, 6.45) is 1.41. The van der Waals surface area contributed by atoms with Gasteiger partial charge in [-0.2, -0.15) is 0 Å². The van der Waals surface area contributed by atoms with Crippen molar-refractivity contribution in [3.05, 3.63) is 131 Å². The molecular weight excluding hydrogens is 472 g/mol. The molecule has 4 rings (SSSR count). The molecule has 0 heterocycles. The second kappa shape index (κ2) is 11.7. The summed E-state index contributed by atoms with van der Waals surface area (Å²) in [6, 6.07) is 38.1. The van der Waals surface area contributed by atoms with E-state index in [-0.39, 0.29) is 11.5 Å². The van der Waals surface area contributed by atoms with Gasteiger partial charge in [0.15, 0.2) is 0 Å². The van der Waals surface area contributed by atoms with E-state index >= 15 is 0 Å². The largest absolute Gasteiger partial charge is 0.481 e. The molecule has 190 valence electrons. The summed E-state index contributed by atoms with van der Waals surface area (Å²) in [5, 5.41) is 11.6. The predicted molar refractivity (Wildman–Crippen MR) is 154 cm³/mol. The summed E-state index contributed by atoms with van der Waals surface area (Å²) < 4.78 is 7.20. The molecule has 0 aliphatic rings. The Morgan fingerprint density at radius 3 is 1.59 bits per heavy atom. The molecule has 3 nitrogen and oxygen atoms in total. The maximum Gasteiger partial charge on any atom is 0.303 e. The van der Waals surface area contributed by atoms with Gasteiger partial charge in [0.1, 0.15) is 0 Å². The number of hydrogen-bond acceptors (Lipinski definition) is 2. The molecule has 0 saturated heterocycles. The molecule has 0 bridgehead atoms. The zero-order valence-electron chi connectivity index (χ0n) is 22.0. The number of rotatable bonds is 10. The van der Waals surface area contributed by atoms with E-state index in [2.05, 4.69) is 112 Å². The molecule has 0 aromatic heterocycles. The second-order valence-electron chi connectivity index (χ2n) is 10.6. The third-order valence-electron chi connectivity index (χ3n) is 7.09. The topological polar surface area (TPSA) is 46.5 Å². The van der Waals surface area contributed by atoms with Gasteiger partial charge in [0, 0.05) is 6.42 Å². The smallest absolute Gasteiger partial charge is 0.303 e. The van der Waals surface area contributed by atoms with E-state index in [0.717, 1.165) is 12.0 Å². The van der Waals surface area contributed by atoms with Gasteiger partial charge >= 0.3 is 5.97 Å². The zero-order chi connectivity index (χ0) is 26.3. The Morgan fingerprint density at radius 2 is 1.11 bits per heavy atom. The van der Waals surface area contributed by atoms with Crippen molar-refractivity contribution in [2.24, 2.45) is 0 Å². The van der Waals surface area contributed by atoms with Gasteiger partial charge in [0.25, 0.3) is 8.32 Å². The molecule has 0 unspecified atom stereocenters. The van der Waals surface area contributed by atoms with Crippen LogP contribution in [0, 0.1) is 0 Å². The van der Waals surface area contributed by atoms with Crippen molar-refractivity contribution in [3.63, 3.8) is 0 Å². The number of carboxylic acid groups (broad SMARTS) is 1. The lowest BCUT2D eigenvalue weighted by Crippen LogP contribution is -2.66. The summed E-state index contributed by atoms with van der Waals surface area (Å²) in [6.45, 7) is 7.40. The SMILES string of the molecule is CC(C)(C)[Si](OCc1ccccc1Cc1ccccc1CCC(=O)O)(c1ccccc1)c1ccccc1. The Labute approximate surface area is 221 Å². The van der Waals surface area contributed by atoms with Crippen LogP contribution in [0.1, 0.15) is 49.4 Å². The maximum absolute atomic E-state index is 11.2. The summed E-state index contributed by atoms with van der Waals surface area (Å²) in [4.78, 5) is 11.2. The van der Waals surface area contributed by atoms with Crippen LogP contribution in [-0.4, -0.2) is 19.4 Å². The van der Waals surface area contributed by atoms with E-state index < -0.39 is 14.3 Å². The summed E-state index contributed by atoms with van der Waals surface area (Å²) in [5.74, 6) is -0.770. The lowest BCUT2D eigenvalue weighted by atomic mass is 9.95. The predicted octanol–water partition coefficient (Wildman–Crippen LogP) is 6.37. The van der Waals surface area contributed by atoms with Crippen LogP contribution in [0.4, 0.5) is 0 Å². The van der Waals surface area contributed by atoms with Gasteiger partial charge in [-0.15, -0.1) is 0 Å². The van der Waals surface area contributed by atoms with Crippen LogP contribution >= 0.6 is 0 Å². The lowest BCUT2D eigenvalue weighted by molar-refractivity contribution is -0.136. The minimum Gasteiger partial charge on any atom is -0.481 e. The standard InChI is InChI=1S/C33H36O3Si/c1-33(2,3)37(30-18-6-4-7-19-30,31-20-8-5-9-21-31)36-25-29-17-13-12-16-28(29)24-27-15-11-10-14-26(27)22-23-32(34)35/h4-21H,22-25H2,1-3H3,(H,34,35). The highest BCUT2D eigenvalue weighted by Gasteiger charge is 2.50. The Bertz CT molecular complexity index is 1270. The van der Waals surface area contributed by atoms with Gasteiger partial charge in [0.05, 0.1) is 6.61 Å². The highest BCUT2D eigenvalue weighted by Crippen LogP contribution is 2.37. The van der Waals surface area contributed by atoms with E-state index in [1.807, 2.05) is 18.2 Å². The third kappa shape index (κ3) is 6.09. The van der Waals surface area contributed by atoms with Gasteiger partial charge in [-0.25, -0.2) is 0 Å². The first kappa shape index (κ1) is 26.6. The second-order valence-corrected chi connectivity index (χ2v) is 14.9. The molecule has 0 aliphatic heterocycles. The highest BCUT2D eigenvalue weighted by molar-refractivity contribution is 6.99. The van der Waals surface area contributed by atoms with Crippen LogP contribution in [0.2, 0.25) is 5.04 Å². The lowest BCUT2D eigenvalue weighted by Gasteiger charge is -2.43. The minimum atomic E-state index is -2.65. The molecular formula is C33H36O3Si.